The minimum absolute atomic E-state index is 0.337. The summed E-state index contributed by atoms with van der Waals surface area (Å²) in [6.07, 6.45) is 12.5. The predicted octanol–water partition coefficient (Wildman–Crippen LogP) is 5.89. The standard InChI is InChI=1S/C22H27F2NO/c23-21-12-9-19(14-22(21)24)18-7-3-17(4-8-18)15-26-20-10-5-16(6-11-20)2-1-13-25/h1-2,9,12,14,16-18,20H,3-8,10-11,15H2/t16-,17-,18-,20-. The van der Waals surface area contributed by atoms with Crippen molar-refractivity contribution in [3.8, 4) is 6.07 Å². The van der Waals surface area contributed by atoms with Gasteiger partial charge in [0.05, 0.1) is 12.2 Å². The van der Waals surface area contributed by atoms with E-state index in [9.17, 15) is 8.78 Å². The Labute approximate surface area is 154 Å². The van der Waals surface area contributed by atoms with Crippen molar-refractivity contribution in [3.63, 3.8) is 0 Å². The van der Waals surface area contributed by atoms with Crippen molar-refractivity contribution in [3.05, 3.63) is 47.5 Å². The zero-order valence-corrected chi connectivity index (χ0v) is 15.2. The monoisotopic (exact) mass is 359 g/mol. The van der Waals surface area contributed by atoms with E-state index in [4.69, 9.17) is 10.00 Å². The van der Waals surface area contributed by atoms with E-state index in [1.165, 1.54) is 12.1 Å². The lowest BCUT2D eigenvalue weighted by Gasteiger charge is -2.32. The van der Waals surface area contributed by atoms with Gasteiger partial charge in [-0.2, -0.15) is 5.26 Å². The smallest absolute Gasteiger partial charge is 0.159 e. The fraction of sp³-hybridized carbons (Fsp3) is 0.591. The minimum Gasteiger partial charge on any atom is -0.378 e. The highest BCUT2D eigenvalue weighted by molar-refractivity contribution is 5.22. The number of rotatable bonds is 5. The molecule has 2 aliphatic carbocycles. The molecule has 1 aromatic carbocycles. The first kappa shape index (κ1) is 19.0. The minimum atomic E-state index is -0.770. The molecule has 0 saturated heterocycles. The molecule has 0 amide bonds. The molecule has 2 nitrogen and oxygen atoms in total. The van der Waals surface area contributed by atoms with Gasteiger partial charge in [0.2, 0.25) is 0 Å². The molecule has 0 aliphatic heterocycles. The van der Waals surface area contributed by atoms with Gasteiger partial charge in [-0.1, -0.05) is 12.1 Å². The second kappa shape index (κ2) is 9.28. The van der Waals surface area contributed by atoms with Crippen molar-refractivity contribution < 1.29 is 13.5 Å². The zero-order chi connectivity index (χ0) is 18.4. The van der Waals surface area contributed by atoms with Crippen LogP contribution >= 0.6 is 0 Å². The number of ether oxygens (including phenoxy) is 1. The molecule has 0 unspecified atom stereocenters. The zero-order valence-electron chi connectivity index (χ0n) is 15.2. The quantitative estimate of drug-likeness (QED) is 0.614. The summed E-state index contributed by atoms with van der Waals surface area (Å²) in [4.78, 5) is 0. The van der Waals surface area contributed by atoms with Crippen LogP contribution in [0.5, 0.6) is 0 Å². The molecule has 2 fully saturated rings. The van der Waals surface area contributed by atoms with Gasteiger partial charge in [-0.25, -0.2) is 8.78 Å². The molecule has 0 radical (unpaired) electrons. The van der Waals surface area contributed by atoms with E-state index in [0.29, 0.717) is 23.9 Å². The average molecular weight is 359 g/mol. The summed E-state index contributed by atoms with van der Waals surface area (Å²) in [6.45, 7) is 0.813. The van der Waals surface area contributed by atoms with Crippen molar-refractivity contribution in [2.45, 2.75) is 63.4 Å². The van der Waals surface area contributed by atoms with Gasteiger partial charge in [-0.05, 0) is 86.8 Å². The van der Waals surface area contributed by atoms with Gasteiger partial charge in [0.1, 0.15) is 0 Å². The van der Waals surface area contributed by atoms with E-state index in [1.54, 1.807) is 12.1 Å². The molecule has 0 spiro atoms. The number of hydrogen-bond acceptors (Lipinski definition) is 2. The summed E-state index contributed by atoms with van der Waals surface area (Å²) >= 11 is 0. The van der Waals surface area contributed by atoms with Gasteiger partial charge < -0.3 is 4.74 Å². The van der Waals surface area contributed by atoms with Crippen LogP contribution in [-0.2, 0) is 4.74 Å². The molecule has 2 aliphatic rings. The van der Waals surface area contributed by atoms with Crippen LogP contribution in [0.4, 0.5) is 8.78 Å². The molecule has 0 bridgehead atoms. The molecule has 26 heavy (non-hydrogen) atoms. The normalized spacial score (nSPS) is 29.6. The van der Waals surface area contributed by atoms with Gasteiger partial charge >= 0.3 is 0 Å². The first-order valence-electron chi connectivity index (χ1n) is 9.78. The highest BCUT2D eigenvalue weighted by atomic mass is 19.2. The molecule has 0 atom stereocenters. The maximum atomic E-state index is 13.4. The molecule has 3 rings (SSSR count). The summed E-state index contributed by atoms with van der Waals surface area (Å²) in [6, 6.07) is 6.38. The fourth-order valence-electron chi connectivity index (χ4n) is 4.33. The van der Waals surface area contributed by atoms with E-state index in [1.807, 2.05) is 6.08 Å². The van der Waals surface area contributed by atoms with E-state index >= 15 is 0 Å². The van der Waals surface area contributed by atoms with Crippen LogP contribution in [0, 0.1) is 34.8 Å². The number of benzene rings is 1. The van der Waals surface area contributed by atoms with Crippen molar-refractivity contribution in [2.24, 2.45) is 11.8 Å². The lowest BCUT2D eigenvalue weighted by Crippen LogP contribution is -2.25. The number of nitrogens with zero attached hydrogens (tertiary/aromatic N) is 1. The third-order valence-electron chi connectivity index (χ3n) is 5.99. The Bertz CT molecular complexity index is 651. The van der Waals surface area contributed by atoms with Crippen LogP contribution in [0.3, 0.4) is 0 Å². The molecule has 140 valence electrons. The van der Waals surface area contributed by atoms with E-state index < -0.39 is 11.6 Å². The van der Waals surface area contributed by atoms with Gasteiger partial charge in [0.25, 0.3) is 0 Å². The van der Waals surface area contributed by atoms with Crippen molar-refractivity contribution >= 4 is 0 Å². The van der Waals surface area contributed by atoms with E-state index in [-0.39, 0.29) is 0 Å². The Hall–Kier alpha value is -1.73. The van der Waals surface area contributed by atoms with Gasteiger partial charge in [0, 0.05) is 12.7 Å². The van der Waals surface area contributed by atoms with E-state index in [0.717, 1.165) is 63.5 Å². The predicted molar refractivity (Wildman–Crippen MR) is 97.5 cm³/mol. The van der Waals surface area contributed by atoms with Gasteiger partial charge in [-0.15, -0.1) is 0 Å². The van der Waals surface area contributed by atoms with Crippen LogP contribution in [0.25, 0.3) is 0 Å². The Kier molecular flexibility index (Phi) is 6.80. The van der Waals surface area contributed by atoms with Crippen LogP contribution < -0.4 is 0 Å². The molecule has 4 heteroatoms. The summed E-state index contributed by atoms with van der Waals surface area (Å²) < 4.78 is 32.7. The van der Waals surface area contributed by atoms with Crippen molar-refractivity contribution in [1.29, 1.82) is 5.26 Å². The lowest BCUT2D eigenvalue weighted by atomic mass is 9.79. The number of allylic oxidation sites excluding steroid dienone is 2. The summed E-state index contributed by atoms with van der Waals surface area (Å²) in [5, 5.41) is 8.60. The maximum absolute atomic E-state index is 13.4. The first-order valence-corrected chi connectivity index (χ1v) is 9.78. The summed E-state index contributed by atoms with van der Waals surface area (Å²) in [5.74, 6) is -0.0700. The van der Waals surface area contributed by atoms with Gasteiger partial charge in [-0.3, -0.25) is 0 Å². The topological polar surface area (TPSA) is 33.0 Å². The Morgan fingerprint density at radius 1 is 1.00 bits per heavy atom. The third-order valence-corrected chi connectivity index (χ3v) is 5.99. The molecule has 0 heterocycles. The maximum Gasteiger partial charge on any atom is 0.159 e. The Balaban J connectivity index is 1.38. The second-order valence-corrected chi connectivity index (χ2v) is 7.75. The molecular weight excluding hydrogens is 332 g/mol. The molecule has 0 N–H and O–H groups in total. The molecule has 0 aromatic heterocycles. The first-order chi connectivity index (χ1) is 12.7. The SMILES string of the molecule is N#CC=C[C@H]1CC[C@H](OC[C@H]2CC[C@H](c3ccc(F)c(F)c3)CC2)CC1. The average Bonchev–Trinajstić information content (AvgIpc) is 2.68. The second-order valence-electron chi connectivity index (χ2n) is 7.75. The van der Waals surface area contributed by atoms with Crippen LogP contribution in [0.1, 0.15) is 62.8 Å². The summed E-state index contributed by atoms with van der Waals surface area (Å²) in [5.41, 5.74) is 0.923. The number of halogens is 2. The summed E-state index contributed by atoms with van der Waals surface area (Å²) in [7, 11) is 0. The fourth-order valence-corrected chi connectivity index (χ4v) is 4.33. The number of nitriles is 1. The van der Waals surface area contributed by atoms with Crippen LogP contribution in [0.2, 0.25) is 0 Å². The number of hydrogen-bond donors (Lipinski definition) is 0. The molecular formula is C22H27F2NO. The largest absolute Gasteiger partial charge is 0.378 e. The highest BCUT2D eigenvalue weighted by Gasteiger charge is 2.25. The Morgan fingerprint density at radius 3 is 2.38 bits per heavy atom. The van der Waals surface area contributed by atoms with Crippen molar-refractivity contribution in [1.82, 2.24) is 0 Å². The molecule has 2 saturated carbocycles. The third kappa shape index (κ3) is 5.14. The Morgan fingerprint density at radius 2 is 1.73 bits per heavy atom. The van der Waals surface area contributed by atoms with Crippen molar-refractivity contribution in [2.75, 3.05) is 6.61 Å². The van der Waals surface area contributed by atoms with E-state index in [2.05, 4.69) is 6.07 Å². The van der Waals surface area contributed by atoms with Crippen LogP contribution in [0.15, 0.2) is 30.4 Å². The van der Waals surface area contributed by atoms with Gasteiger partial charge in [0.15, 0.2) is 11.6 Å². The van der Waals surface area contributed by atoms with Crippen LogP contribution in [-0.4, -0.2) is 12.7 Å². The highest BCUT2D eigenvalue weighted by Crippen LogP contribution is 2.37. The lowest BCUT2D eigenvalue weighted by molar-refractivity contribution is -0.00456. The molecule has 1 aromatic rings.